The van der Waals surface area contributed by atoms with Gasteiger partial charge < -0.3 is 15.5 Å². The van der Waals surface area contributed by atoms with Gasteiger partial charge in [-0.1, -0.05) is 77.8 Å². The second-order valence-electron chi connectivity index (χ2n) is 9.57. The molecule has 5 nitrogen and oxygen atoms in total. The molecule has 2 N–H and O–H groups in total. The zero-order valence-corrected chi connectivity index (χ0v) is 22.6. The molecule has 1 amide bonds. The smallest absolute Gasteiger partial charge is 0.266 e. The minimum absolute atomic E-state index is 0.0349. The number of hydrogen-bond donors (Lipinski definition) is 1. The Hall–Kier alpha value is -3.87. The monoisotopic (exact) mass is 538 g/mol. The Morgan fingerprint density at radius 2 is 1.63 bits per heavy atom. The number of amides is 1. The first-order valence-corrected chi connectivity index (χ1v) is 13.8. The molecular weight excluding hydrogens is 512 g/mol. The molecule has 6 rings (SSSR count). The maximum atomic E-state index is 13.7. The summed E-state index contributed by atoms with van der Waals surface area (Å²) >= 11 is 7.57. The molecule has 7 heteroatoms. The summed E-state index contributed by atoms with van der Waals surface area (Å²) in [5, 5.41) is 1.56. The molecule has 0 atom stereocenters. The van der Waals surface area contributed by atoms with E-state index in [9.17, 15) is 4.79 Å². The minimum Gasteiger partial charge on any atom is -0.397 e. The van der Waals surface area contributed by atoms with Gasteiger partial charge in [0.15, 0.2) is 0 Å². The van der Waals surface area contributed by atoms with Crippen molar-refractivity contribution < 1.29 is 4.79 Å². The van der Waals surface area contributed by atoms with E-state index in [1.165, 1.54) is 16.9 Å². The van der Waals surface area contributed by atoms with Crippen LogP contribution in [0.3, 0.4) is 0 Å². The van der Waals surface area contributed by atoms with Gasteiger partial charge in [-0.15, -0.1) is 11.3 Å². The second kappa shape index (κ2) is 10.1. The van der Waals surface area contributed by atoms with E-state index in [-0.39, 0.29) is 5.91 Å². The van der Waals surface area contributed by atoms with Gasteiger partial charge in [0.1, 0.15) is 9.71 Å². The molecule has 0 radical (unpaired) electrons. The first-order chi connectivity index (χ1) is 18.5. The van der Waals surface area contributed by atoms with Crippen molar-refractivity contribution in [3.63, 3.8) is 0 Å². The molecule has 3 heterocycles. The van der Waals surface area contributed by atoms with Crippen molar-refractivity contribution in [2.45, 2.75) is 6.92 Å². The maximum absolute atomic E-state index is 13.7. The third-order valence-corrected chi connectivity index (χ3v) is 8.39. The fourth-order valence-electron chi connectivity index (χ4n) is 4.98. The summed E-state index contributed by atoms with van der Waals surface area (Å²) < 4.78 is 0. The molecule has 0 aliphatic carbocycles. The second-order valence-corrected chi connectivity index (χ2v) is 11.0. The third kappa shape index (κ3) is 4.62. The summed E-state index contributed by atoms with van der Waals surface area (Å²) in [7, 11) is 0. The number of thiophene rings is 1. The van der Waals surface area contributed by atoms with Crippen molar-refractivity contribution in [3.8, 4) is 22.4 Å². The van der Waals surface area contributed by atoms with Crippen LogP contribution < -0.4 is 10.6 Å². The molecule has 2 aromatic heterocycles. The standard InChI is InChI=1S/C31H27ClN4OS/c1-20-10-12-21(13-11-20)25-19-26(22-6-3-2-4-7-22)34-30-27(25)28(33)29(38-30)31(37)36-16-14-35(15-17-36)24-9-5-8-23(32)18-24/h2-13,18-19H,14-17,33H2,1H3. The lowest BCUT2D eigenvalue weighted by Crippen LogP contribution is -2.48. The molecule has 38 heavy (non-hydrogen) atoms. The normalized spacial score (nSPS) is 13.7. The number of nitrogens with zero attached hydrogens (tertiary/aromatic N) is 3. The molecule has 190 valence electrons. The Balaban J connectivity index is 1.36. The Morgan fingerprint density at radius 3 is 2.34 bits per heavy atom. The van der Waals surface area contributed by atoms with Crippen molar-refractivity contribution in [1.82, 2.24) is 9.88 Å². The van der Waals surface area contributed by atoms with Crippen molar-refractivity contribution in [2.75, 3.05) is 36.8 Å². The Kier molecular flexibility index (Phi) is 6.52. The lowest BCUT2D eigenvalue weighted by atomic mass is 9.98. The Bertz CT molecular complexity index is 1620. The van der Waals surface area contributed by atoms with Gasteiger partial charge in [-0.25, -0.2) is 4.98 Å². The zero-order chi connectivity index (χ0) is 26.2. The number of aromatic nitrogens is 1. The summed E-state index contributed by atoms with van der Waals surface area (Å²) in [6, 6.07) is 28.4. The van der Waals surface area contributed by atoms with Gasteiger partial charge >= 0.3 is 0 Å². The van der Waals surface area contributed by atoms with Crippen LogP contribution in [-0.2, 0) is 0 Å². The highest BCUT2D eigenvalue weighted by molar-refractivity contribution is 7.21. The van der Waals surface area contributed by atoms with Crippen molar-refractivity contribution in [1.29, 1.82) is 0 Å². The zero-order valence-electron chi connectivity index (χ0n) is 21.0. The van der Waals surface area contributed by atoms with Crippen LogP contribution in [0.25, 0.3) is 32.6 Å². The van der Waals surface area contributed by atoms with Crippen LogP contribution in [0.5, 0.6) is 0 Å². The molecule has 1 aliphatic heterocycles. The van der Waals surface area contributed by atoms with Gasteiger partial charge in [0.25, 0.3) is 5.91 Å². The van der Waals surface area contributed by atoms with Gasteiger partial charge in [-0.3, -0.25) is 4.79 Å². The lowest BCUT2D eigenvalue weighted by molar-refractivity contribution is 0.0752. The van der Waals surface area contributed by atoms with Gasteiger partial charge in [0.2, 0.25) is 0 Å². The van der Waals surface area contributed by atoms with Crippen LogP contribution in [0, 0.1) is 6.92 Å². The van der Waals surface area contributed by atoms with Crippen molar-refractivity contribution >= 4 is 50.4 Å². The van der Waals surface area contributed by atoms with E-state index in [2.05, 4.69) is 60.4 Å². The topological polar surface area (TPSA) is 62.5 Å². The Morgan fingerprint density at radius 1 is 0.895 bits per heavy atom. The highest BCUT2D eigenvalue weighted by Gasteiger charge is 2.28. The van der Waals surface area contributed by atoms with Crippen LogP contribution in [0.2, 0.25) is 5.02 Å². The number of halogens is 1. The van der Waals surface area contributed by atoms with Gasteiger partial charge in [-0.2, -0.15) is 0 Å². The molecule has 5 aromatic rings. The highest BCUT2D eigenvalue weighted by Crippen LogP contribution is 2.42. The predicted molar refractivity (Wildman–Crippen MR) is 159 cm³/mol. The molecule has 3 aromatic carbocycles. The third-order valence-electron chi connectivity index (χ3n) is 7.07. The number of anilines is 2. The quantitative estimate of drug-likeness (QED) is 0.264. The van der Waals surface area contributed by atoms with Crippen LogP contribution >= 0.6 is 22.9 Å². The number of nitrogens with two attached hydrogens (primary N) is 1. The maximum Gasteiger partial charge on any atom is 0.266 e. The number of benzene rings is 3. The summed E-state index contributed by atoms with van der Waals surface area (Å²) in [5.74, 6) is -0.0349. The van der Waals surface area contributed by atoms with Crippen LogP contribution in [-0.4, -0.2) is 42.0 Å². The van der Waals surface area contributed by atoms with Crippen LogP contribution in [0.1, 0.15) is 15.2 Å². The fraction of sp³-hybridized carbons (Fsp3) is 0.161. The SMILES string of the molecule is Cc1ccc(-c2cc(-c3ccccc3)nc3sc(C(=O)N4CCN(c5cccc(Cl)c5)CC4)c(N)c23)cc1. The van der Waals surface area contributed by atoms with E-state index in [4.69, 9.17) is 22.3 Å². The molecule has 0 bridgehead atoms. The Labute approximate surface area is 231 Å². The average molecular weight is 539 g/mol. The van der Waals surface area contributed by atoms with Gasteiger partial charge in [-0.05, 0) is 42.3 Å². The molecule has 1 fully saturated rings. The minimum atomic E-state index is -0.0349. The largest absolute Gasteiger partial charge is 0.397 e. The number of carbonyl (C=O) groups is 1. The van der Waals surface area contributed by atoms with E-state index in [0.29, 0.717) is 28.7 Å². The number of rotatable bonds is 4. The number of pyridine rings is 1. The highest BCUT2D eigenvalue weighted by atomic mass is 35.5. The number of hydrogen-bond acceptors (Lipinski definition) is 5. The van der Waals surface area contributed by atoms with E-state index in [0.717, 1.165) is 51.4 Å². The molecule has 0 spiro atoms. The van der Waals surface area contributed by atoms with Gasteiger partial charge in [0, 0.05) is 47.8 Å². The van der Waals surface area contributed by atoms with E-state index < -0.39 is 0 Å². The number of nitrogen functional groups attached to an aromatic ring is 1. The summed E-state index contributed by atoms with van der Waals surface area (Å²) in [5.41, 5.74) is 13.4. The number of fused-ring (bicyclic) bond motifs is 1. The lowest BCUT2D eigenvalue weighted by Gasteiger charge is -2.36. The van der Waals surface area contributed by atoms with Crippen LogP contribution in [0.15, 0.2) is 84.9 Å². The number of carbonyl (C=O) groups excluding carboxylic acids is 1. The van der Waals surface area contributed by atoms with E-state index in [1.807, 2.05) is 41.3 Å². The van der Waals surface area contributed by atoms with Crippen molar-refractivity contribution in [2.24, 2.45) is 0 Å². The summed E-state index contributed by atoms with van der Waals surface area (Å²) in [4.78, 5) is 24.2. The molecule has 1 saturated heterocycles. The predicted octanol–water partition coefficient (Wildman–Crippen LogP) is 7.14. The molecular formula is C31H27ClN4OS. The molecule has 1 aliphatic rings. The van der Waals surface area contributed by atoms with Crippen molar-refractivity contribution in [3.05, 3.63) is 100 Å². The van der Waals surface area contributed by atoms with Gasteiger partial charge in [0.05, 0.1) is 11.4 Å². The fourth-order valence-corrected chi connectivity index (χ4v) is 6.25. The molecule has 0 saturated carbocycles. The summed E-state index contributed by atoms with van der Waals surface area (Å²) in [6.07, 6.45) is 0. The first kappa shape index (κ1) is 24.5. The van der Waals surface area contributed by atoms with Crippen LogP contribution in [0.4, 0.5) is 11.4 Å². The summed E-state index contributed by atoms with van der Waals surface area (Å²) in [6.45, 7) is 4.78. The first-order valence-electron chi connectivity index (χ1n) is 12.6. The average Bonchev–Trinajstić information content (AvgIpc) is 3.29. The van der Waals surface area contributed by atoms with E-state index in [1.54, 1.807) is 0 Å². The number of piperazine rings is 1. The van der Waals surface area contributed by atoms with E-state index >= 15 is 0 Å². The molecule has 0 unspecified atom stereocenters. The number of aryl methyl sites for hydroxylation is 1.